The fourth-order valence-electron chi connectivity index (χ4n) is 2.76. The van der Waals surface area contributed by atoms with Crippen molar-refractivity contribution in [3.05, 3.63) is 53.6 Å². The number of nitrogens with zero attached hydrogens (tertiary/aromatic N) is 5. The minimum atomic E-state index is -0.345. The molecule has 1 saturated heterocycles. The fourth-order valence-corrected chi connectivity index (χ4v) is 2.98. The van der Waals surface area contributed by atoms with Crippen molar-refractivity contribution in [3.8, 4) is 11.4 Å². The van der Waals surface area contributed by atoms with Crippen LogP contribution in [0.15, 0.2) is 37.2 Å². The van der Waals surface area contributed by atoms with Crippen molar-refractivity contribution in [1.29, 1.82) is 0 Å². The second-order valence-corrected chi connectivity index (χ2v) is 7.20. The Balaban J connectivity index is 0.000000821. The molecule has 0 bridgehead atoms. The van der Waals surface area contributed by atoms with E-state index in [0.717, 1.165) is 5.56 Å². The average molecular weight is 717 g/mol. The summed E-state index contributed by atoms with van der Waals surface area (Å²) in [5, 5.41) is 2.78. The number of nitrogens with one attached hydrogen (secondary N) is 1. The molecular formula is C21H24ClFmN6O4-. The molecule has 0 aliphatic carbocycles. The van der Waals surface area contributed by atoms with Gasteiger partial charge in [-0.25, -0.2) is 15.0 Å². The molecule has 2 aromatic heterocycles. The minimum Gasteiger partial charge on any atom is -0.522 e. The van der Waals surface area contributed by atoms with Gasteiger partial charge >= 0.3 is 0 Å². The van der Waals surface area contributed by atoms with E-state index in [0.29, 0.717) is 31.1 Å². The number of carbonyl (C=O) groups is 2. The van der Waals surface area contributed by atoms with Gasteiger partial charge in [0.05, 0.1) is 24.5 Å². The minimum absolute atomic E-state index is 0. The van der Waals surface area contributed by atoms with Gasteiger partial charge in [-0.2, -0.15) is 6.41 Å². The molecule has 1 unspecified atom stereocenters. The van der Waals surface area contributed by atoms with Gasteiger partial charge in [-0.1, -0.05) is 18.2 Å². The normalized spacial score (nSPS) is 14.7. The maximum atomic E-state index is 11.9. The molecule has 1 aliphatic heterocycles. The zero-order valence-electron chi connectivity index (χ0n) is 18.3. The maximum absolute atomic E-state index is 11.9. The number of hydrogen-bond acceptors (Lipinski definition) is 7. The van der Waals surface area contributed by atoms with E-state index in [4.69, 9.17) is 16.3 Å². The first-order chi connectivity index (χ1) is 15.3. The second-order valence-electron chi connectivity index (χ2n) is 6.81. The van der Waals surface area contributed by atoms with Crippen LogP contribution in [0.3, 0.4) is 0 Å². The Morgan fingerprint density at radius 2 is 2.00 bits per heavy atom. The van der Waals surface area contributed by atoms with Gasteiger partial charge in [0.2, 0.25) is 5.91 Å². The molecule has 0 radical (unpaired) electrons. The molecule has 3 amide bonds. The Kier molecular flexibility index (Phi) is 10.1. The third kappa shape index (κ3) is 7.37. The van der Waals surface area contributed by atoms with Crippen LogP contribution in [0.25, 0.3) is 11.4 Å². The fraction of sp³-hybridized carbons (Fsp3) is 0.333. The summed E-state index contributed by atoms with van der Waals surface area (Å²) < 4.78 is 5.80. The van der Waals surface area contributed by atoms with E-state index in [-0.39, 0.29) is 28.8 Å². The quantitative estimate of drug-likeness (QED) is 0.214. The molecule has 0 aromatic carbocycles. The molecule has 2 aromatic rings. The molecule has 0 saturated carbocycles. The van der Waals surface area contributed by atoms with E-state index in [9.17, 15) is 14.4 Å². The zero-order chi connectivity index (χ0) is 23.7. The first-order valence-corrected chi connectivity index (χ1v) is 9.96. The maximum Gasteiger partial charge on any atom is 0.269 e. The van der Waals surface area contributed by atoms with Gasteiger partial charge in [-0.3, -0.25) is 9.59 Å². The van der Waals surface area contributed by atoms with Crippen molar-refractivity contribution in [2.24, 2.45) is 0 Å². The molecule has 182 valence electrons. The van der Waals surface area contributed by atoms with Crippen LogP contribution < -0.4 is 5.32 Å². The average Bonchev–Trinajstić information content (AvgIpc) is 2.83. The Morgan fingerprint density at radius 1 is 1.30 bits per heavy atom. The van der Waals surface area contributed by atoms with Gasteiger partial charge in [0.1, 0.15) is 23.3 Å². The monoisotopic (exact) mass is 716 g/mol. The Labute approximate surface area is 191 Å². The number of aromatic nitrogens is 3. The number of rotatable bonds is 5. The molecule has 0 spiro atoms. The van der Waals surface area contributed by atoms with Crippen LogP contribution in [-0.4, -0.2) is 83.8 Å². The van der Waals surface area contributed by atoms with Crippen molar-refractivity contribution in [2.45, 2.75) is 6.10 Å². The number of halogens is 1. The molecule has 33 heavy (non-hydrogen) atoms. The van der Waals surface area contributed by atoms with Crippen molar-refractivity contribution in [3.63, 3.8) is 0 Å². The molecule has 3 heterocycles. The van der Waals surface area contributed by atoms with Crippen molar-refractivity contribution in [1.82, 2.24) is 30.1 Å². The van der Waals surface area contributed by atoms with Gasteiger partial charge in [-0.05, 0) is 43.9 Å². The molecule has 12 heteroatoms. The number of carbonyl (C=O) groups excluding carboxylic acids is 3. The summed E-state index contributed by atoms with van der Waals surface area (Å²) in [6.07, 6.45) is 3.85. The van der Waals surface area contributed by atoms with E-state index < -0.39 is 0 Å². The van der Waals surface area contributed by atoms with Crippen molar-refractivity contribution < 1.29 is 19.1 Å². The molecule has 1 fully saturated rings. The number of amides is 3. The van der Waals surface area contributed by atoms with Gasteiger partial charge in [-0.15, -0.1) is 0 Å². The van der Waals surface area contributed by atoms with E-state index >= 15 is 0 Å². The van der Waals surface area contributed by atoms with E-state index in [2.05, 4.69) is 26.8 Å². The summed E-state index contributed by atoms with van der Waals surface area (Å²) in [7, 11) is 4.79. The third-order valence-corrected chi connectivity index (χ3v) is 4.51. The van der Waals surface area contributed by atoms with Gasteiger partial charge in [0, 0.05) is 13.6 Å². The van der Waals surface area contributed by atoms with E-state index in [1.54, 1.807) is 37.5 Å². The Hall–Kier alpha value is -4.37. The van der Waals surface area contributed by atoms with E-state index in [1.807, 2.05) is 0 Å². The number of hydrogen-bond donors (Lipinski definition) is 1. The standard InChI is InChI=1S/C18H18ClN5O3.C3H6NO.Fm/c1-3-17(25)24-4-5-27-15(9-24)11-6-13(23-16(19)7-11)12-8-14(18(26)20-2)22-10-21-12;1-4(2)3-5;/h3,6-8,10,15H,1,4-5,9H2,2H3,(H,20,26);1-2H3;/q;-1;. The zero-order valence-corrected chi connectivity index (χ0v) is 21.5. The largest absolute Gasteiger partial charge is 0.522 e. The first kappa shape index (κ1) is 26.7. The van der Waals surface area contributed by atoms with Crippen LogP contribution in [0.4, 0.5) is 0 Å². The van der Waals surface area contributed by atoms with Crippen LogP contribution in [0.5, 0.6) is 0 Å². The van der Waals surface area contributed by atoms with Crippen LogP contribution in [-0.2, 0) is 14.3 Å². The van der Waals surface area contributed by atoms with Crippen LogP contribution in [0.1, 0.15) is 22.2 Å². The van der Waals surface area contributed by atoms with E-state index in [1.165, 1.54) is 30.4 Å². The predicted molar refractivity (Wildman–Crippen MR) is 119 cm³/mol. The smallest absolute Gasteiger partial charge is 0.269 e. The second kappa shape index (κ2) is 12.5. The number of ether oxygens (including phenoxy) is 1. The molecule has 1 N–H and O–H groups in total. The van der Waals surface area contributed by atoms with Crippen molar-refractivity contribution in [2.75, 3.05) is 40.8 Å². The van der Waals surface area contributed by atoms with Crippen molar-refractivity contribution >= 4 is 29.8 Å². The Bertz CT molecular complexity index is 991. The molecule has 1 atom stereocenters. The van der Waals surface area contributed by atoms with Crippen LogP contribution in [0, 0.1) is 0 Å². The topological polar surface area (TPSA) is 118 Å². The number of pyridine rings is 1. The molecule has 10 nitrogen and oxygen atoms in total. The SMILES string of the molecule is C=CC(=O)N1CCOC(c2cc(Cl)nc(-c3cc(C(=O)NC)ncn3)c2)C1.CN(C)[C-]=O.[Fm]. The summed E-state index contributed by atoms with van der Waals surface area (Å²) in [4.78, 5) is 48.4. The number of morpholine rings is 1. The summed E-state index contributed by atoms with van der Waals surface area (Å²) in [6.45, 7) is 4.83. The summed E-state index contributed by atoms with van der Waals surface area (Å²) in [5.41, 5.74) is 1.94. The molecular weight excluding hydrogens is 693 g/mol. The molecule has 1 aliphatic rings. The Morgan fingerprint density at radius 3 is 2.61 bits per heavy atom. The van der Waals surface area contributed by atoms with Gasteiger partial charge < -0.3 is 24.6 Å². The molecule has 3 rings (SSSR count). The first-order valence-electron chi connectivity index (χ1n) is 9.59. The van der Waals surface area contributed by atoms with Gasteiger partial charge in [0.25, 0.3) is 5.91 Å². The summed E-state index contributed by atoms with van der Waals surface area (Å²) >= 11 is 6.19. The van der Waals surface area contributed by atoms with Crippen LogP contribution in [0.2, 0.25) is 5.15 Å². The summed E-state index contributed by atoms with van der Waals surface area (Å²) in [5.74, 6) is -0.468. The third-order valence-electron chi connectivity index (χ3n) is 4.31. The van der Waals surface area contributed by atoms with Crippen LogP contribution >= 0.6 is 11.6 Å². The van der Waals surface area contributed by atoms with Gasteiger partial charge in [0.15, 0.2) is 0 Å². The summed E-state index contributed by atoms with van der Waals surface area (Å²) in [6, 6.07) is 5.02. The predicted octanol–water partition coefficient (Wildman–Crippen LogP) is 1.25.